The van der Waals surface area contributed by atoms with Crippen molar-refractivity contribution < 1.29 is 4.79 Å². The van der Waals surface area contributed by atoms with Crippen molar-refractivity contribution in [2.24, 2.45) is 0 Å². The summed E-state index contributed by atoms with van der Waals surface area (Å²) >= 11 is 6.66. The molecule has 0 bridgehead atoms. The molecule has 3 heteroatoms. The Hall–Kier alpha value is -0.150. The lowest BCUT2D eigenvalue weighted by molar-refractivity contribution is 0.112. The molecule has 0 amide bonds. The molecule has 0 spiro atoms. The second-order valence-corrected chi connectivity index (χ2v) is 4.11. The van der Waals surface area contributed by atoms with Crippen molar-refractivity contribution in [1.29, 1.82) is 0 Å². The molecular formula is C9H8Br2O. The van der Waals surface area contributed by atoms with Crippen LogP contribution in [0.4, 0.5) is 0 Å². The van der Waals surface area contributed by atoms with Gasteiger partial charge in [-0.3, -0.25) is 4.79 Å². The molecule has 1 aromatic rings. The molecule has 1 nitrogen and oxygen atoms in total. The number of hydrogen-bond donors (Lipinski definition) is 0. The molecule has 0 atom stereocenters. The molecule has 64 valence electrons. The molecular weight excluding hydrogens is 284 g/mol. The van der Waals surface area contributed by atoms with Crippen LogP contribution in [0, 0.1) is 0 Å². The van der Waals surface area contributed by atoms with Gasteiger partial charge in [0.15, 0.2) is 0 Å². The van der Waals surface area contributed by atoms with E-state index in [1.165, 1.54) is 0 Å². The number of carbonyl (C=O) groups excluding carboxylic acids is 1. The first-order valence-electron chi connectivity index (χ1n) is 3.57. The van der Waals surface area contributed by atoms with E-state index in [2.05, 4.69) is 31.9 Å². The van der Waals surface area contributed by atoms with Gasteiger partial charge in [-0.25, -0.2) is 0 Å². The quantitative estimate of drug-likeness (QED) is 0.617. The van der Waals surface area contributed by atoms with Crippen LogP contribution in [0.25, 0.3) is 0 Å². The van der Waals surface area contributed by atoms with Gasteiger partial charge in [-0.05, 0) is 24.1 Å². The van der Waals surface area contributed by atoms with Crippen molar-refractivity contribution in [3.05, 3.63) is 33.8 Å². The lowest BCUT2D eigenvalue weighted by Crippen LogP contribution is -1.93. The summed E-state index contributed by atoms with van der Waals surface area (Å²) in [6, 6.07) is 5.76. The molecule has 0 aliphatic rings. The van der Waals surface area contributed by atoms with E-state index < -0.39 is 0 Å². The second-order valence-electron chi connectivity index (χ2n) is 2.40. The molecule has 0 heterocycles. The number of halogens is 2. The average Bonchev–Trinajstić information content (AvgIpc) is 2.08. The summed E-state index contributed by atoms with van der Waals surface area (Å²) in [5, 5.41) is 0.884. The van der Waals surface area contributed by atoms with Crippen molar-refractivity contribution >= 4 is 38.1 Å². The highest BCUT2D eigenvalue weighted by molar-refractivity contribution is 9.10. The minimum atomic E-state index is 0.767. The minimum Gasteiger partial charge on any atom is -0.298 e. The van der Waals surface area contributed by atoms with Gasteiger partial charge in [0, 0.05) is 15.4 Å². The fourth-order valence-electron chi connectivity index (χ4n) is 1.00. The molecule has 0 N–H and O–H groups in total. The van der Waals surface area contributed by atoms with E-state index in [0.29, 0.717) is 0 Å². The van der Waals surface area contributed by atoms with Gasteiger partial charge in [0.1, 0.15) is 6.29 Å². The van der Waals surface area contributed by atoms with Crippen LogP contribution in [0.1, 0.15) is 15.9 Å². The Morgan fingerprint density at radius 1 is 1.42 bits per heavy atom. The topological polar surface area (TPSA) is 17.1 Å². The molecule has 1 aromatic carbocycles. The Kier molecular flexibility index (Phi) is 3.95. The summed E-state index contributed by atoms with van der Waals surface area (Å²) in [5.74, 6) is 0. The van der Waals surface area contributed by atoms with E-state index >= 15 is 0 Å². The normalized spacial score (nSPS) is 9.83. The molecule has 0 fully saturated rings. The molecule has 0 unspecified atom stereocenters. The molecule has 0 radical (unpaired) electrons. The van der Waals surface area contributed by atoms with Crippen molar-refractivity contribution in [2.45, 2.75) is 6.42 Å². The molecule has 0 aliphatic carbocycles. The molecule has 0 saturated heterocycles. The van der Waals surface area contributed by atoms with Crippen molar-refractivity contribution in [2.75, 3.05) is 5.33 Å². The number of aldehydes is 1. The average molecular weight is 292 g/mol. The Morgan fingerprint density at radius 3 is 2.75 bits per heavy atom. The van der Waals surface area contributed by atoms with E-state index in [-0.39, 0.29) is 0 Å². The van der Waals surface area contributed by atoms with Crippen LogP contribution < -0.4 is 0 Å². The van der Waals surface area contributed by atoms with Gasteiger partial charge in [-0.1, -0.05) is 37.9 Å². The van der Waals surface area contributed by atoms with E-state index in [9.17, 15) is 4.79 Å². The third-order valence-corrected chi connectivity index (χ3v) is 2.49. The first-order chi connectivity index (χ1) is 5.77. The first kappa shape index (κ1) is 9.93. The third kappa shape index (κ3) is 2.42. The maximum absolute atomic E-state index is 10.6. The monoisotopic (exact) mass is 290 g/mol. The number of rotatable bonds is 3. The van der Waals surface area contributed by atoms with E-state index in [1.807, 2.05) is 18.2 Å². The Labute approximate surface area is 88.4 Å². The maximum Gasteiger partial charge on any atom is 0.150 e. The number of alkyl halides is 1. The zero-order chi connectivity index (χ0) is 8.97. The summed E-state index contributed by atoms with van der Waals surface area (Å²) in [7, 11) is 0. The highest BCUT2D eigenvalue weighted by atomic mass is 79.9. The molecule has 0 aliphatic heterocycles. The number of hydrogen-bond acceptors (Lipinski definition) is 1. The predicted octanol–water partition coefficient (Wildman–Crippen LogP) is 3.20. The van der Waals surface area contributed by atoms with Crippen LogP contribution in [0.15, 0.2) is 22.7 Å². The van der Waals surface area contributed by atoms with E-state index in [1.54, 1.807) is 0 Å². The zero-order valence-corrected chi connectivity index (χ0v) is 9.56. The van der Waals surface area contributed by atoms with Crippen molar-refractivity contribution in [3.63, 3.8) is 0 Å². The zero-order valence-electron chi connectivity index (χ0n) is 6.39. The van der Waals surface area contributed by atoms with E-state index in [0.717, 1.165) is 33.6 Å². The highest BCUT2D eigenvalue weighted by Crippen LogP contribution is 2.16. The largest absolute Gasteiger partial charge is 0.298 e. The van der Waals surface area contributed by atoms with Gasteiger partial charge < -0.3 is 0 Å². The molecule has 0 saturated carbocycles. The fraction of sp³-hybridized carbons (Fsp3) is 0.222. The van der Waals surface area contributed by atoms with Crippen LogP contribution >= 0.6 is 31.9 Å². The molecule has 1 rings (SSSR count). The van der Waals surface area contributed by atoms with Gasteiger partial charge in [0.2, 0.25) is 0 Å². The first-order valence-corrected chi connectivity index (χ1v) is 5.49. The Bertz CT molecular complexity index is 284. The van der Waals surface area contributed by atoms with Gasteiger partial charge >= 0.3 is 0 Å². The number of aryl methyl sites for hydroxylation is 1. The number of carbonyl (C=O) groups is 1. The van der Waals surface area contributed by atoms with Gasteiger partial charge in [-0.2, -0.15) is 0 Å². The minimum absolute atomic E-state index is 0.767. The summed E-state index contributed by atoms with van der Waals surface area (Å²) in [5.41, 5.74) is 1.86. The smallest absolute Gasteiger partial charge is 0.150 e. The van der Waals surface area contributed by atoms with E-state index in [4.69, 9.17) is 0 Å². The van der Waals surface area contributed by atoms with Gasteiger partial charge in [0.25, 0.3) is 0 Å². The standard InChI is InChI=1S/C9H8Br2O/c10-4-3-7-1-2-9(11)5-8(7)6-12/h1-2,5-6H,3-4H2. The van der Waals surface area contributed by atoms with Crippen LogP contribution in [0.3, 0.4) is 0 Å². The second kappa shape index (κ2) is 4.77. The lowest BCUT2D eigenvalue weighted by atomic mass is 10.1. The number of benzene rings is 1. The van der Waals surface area contributed by atoms with Crippen LogP contribution in [-0.4, -0.2) is 11.6 Å². The van der Waals surface area contributed by atoms with Crippen molar-refractivity contribution in [1.82, 2.24) is 0 Å². The summed E-state index contributed by atoms with van der Waals surface area (Å²) in [6.07, 6.45) is 1.78. The Balaban J connectivity index is 3.02. The van der Waals surface area contributed by atoms with Crippen LogP contribution in [-0.2, 0) is 6.42 Å². The third-order valence-electron chi connectivity index (χ3n) is 1.60. The van der Waals surface area contributed by atoms with Crippen LogP contribution in [0.2, 0.25) is 0 Å². The fourth-order valence-corrected chi connectivity index (χ4v) is 1.81. The SMILES string of the molecule is O=Cc1cc(Br)ccc1CCBr. The predicted molar refractivity (Wildman–Crippen MR) is 57.0 cm³/mol. The lowest BCUT2D eigenvalue weighted by Gasteiger charge is -2.01. The maximum atomic E-state index is 10.6. The molecule has 0 aromatic heterocycles. The molecule has 12 heavy (non-hydrogen) atoms. The van der Waals surface area contributed by atoms with Gasteiger partial charge in [-0.15, -0.1) is 0 Å². The van der Waals surface area contributed by atoms with Crippen LogP contribution in [0.5, 0.6) is 0 Å². The highest BCUT2D eigenvalue weighted by Gasteiger charge is 2.00. The van der Waals surface area contributed by atoms with Gasteiger partial charge in [0.05, 0.1) is 0 Å². The van der Waals surface area contributed by atoms with Crippen molar-refractivity contribution in [3.8, 4) is 0 Å². The summed E-state index contributed by atoms with van der Waals surface area (Å²) < 4.78 is 0.947. The summed E-state index contributed by atoms with van der Waals surface area (Å²) in [6.45, 7) is 0. The summed E-state index contributed by atoms with van der Waals surface area (Å²) in [4.78, 5) is 10.6. The Morgan fingerprint density at radius 2 is 2.17 bits per heavy atom.